The zero-order chi connectivity index (χ0) is 12.8. The Morgan fingerprint density at radius 1 is 1.28 bits per heavy atom. The molecule has 2 saturated carbocycles. The summed E-state index contributed by atoms with van der Waals surface area (Å²) in [6, 6.07) is 4.94. The molecule has 0 aromatic heterocycles. The Kier molecular flexibility index (Phi) is 3.10. The van der Waals surface area contributed by atoms with Crippen LogP contribution in [0.5, 0.6) is 5.75 Å². The molecule has 4 heteroatoms. The highest BCUT2D eigenvalue weighted by atomic mass is 79.9. The first-order chi connectivity index (χ1) is 8.60. The van der Waals surface area contributed by atoms with Crippen molar-refractivity contribution in [2.75, 3.05) is 0 Å². The molecule has 1 aromatic rings. The fourth-order valence-corrected chi connectivity index (χ4v) is 3.87. The number of ether oxygens (including phenoxy) is 1. The molecule has 0 aliphatic heterocycles. The minimum absolute atomic E-state index is 0.152. The summed E-state index contributed by atoms with van der Waals surface area (Å²) in [5.41, 5.74) is 6.31. The number of benzene rings is 1. The molecule has 0 heterocycles. The van der Waals surface area contributed by atoms with Gasteiger partial charge in [0.25, 0.3) is 0 Å². The van der Waals surface area contributed by atoms with Gasteiger partial charge in [0.15, 0.2) is 0 Å². The highest BCUT2D eigenvalue weighted by molar-refractivity contribution is 9.10. The van der Waals surface area contributed by atoms with E-state index in [0.29, 0.717) is 10.2 Å². The number of rotatable bonds is 2. The average molecular weight is 314 g/mol. The third-order valence-electron chi connectivity index (χ3n) is 4.50. The van der Waals surface area contributed by atoms with E-state index in [1.54, 1.807) is 0 Å². The maximum absolute atomic E-state index is 13.3. The molecule has 2 aliphatic rings. The Morgan fingerprint density at radius 2 is 2.00 bits per heavy atom. The van der Waals surface area contributed by atoms with Crippen LogP contribution in [0, 0.1) is 11.2 Å². The summed E-state index contributed by atoms with van der Waals surface area (Å²) in [4.78, 5) is 0. The van der Waals surface area contributed by atoms with Gasteiger partial charge in [0.05, 0.1) is 0 Å². The summed E-state index contributed by atoms with van der Waals surface area (Å²) < 4.78 is 20.0. The van der Waals surface area contributed by atoms with Crippen LogP contribution in [0.2, 0.25) is 0 Å². The first-order valence-electron chi connectivity index (χ1n) is 6.48. The summed E-state index contributed by atoms with van der Waals surface area (Å²) in [6.07, 6.45) is 5.81. The van der Waals surface area contributed by atoms with Crippen molar-refractivity contribution >= 4 is 15.9 Å². The molecule has 0 amide bonds. The van der Waals surface area contributed by atoms with Gasteiger partial charge in [-0.2, -0.15) is 0 Å². The molecular weight excluding hydrogens is 297 g/mol. The van der Waals surface area contributed by atoms with E-state index >= 15 is 0 Å². The molecule has 0 bridgehead atoms. The van der Waals surface area contributed by atoms with E-state index in [0.717, 1.165) is 19.3 Å². The molecule has 0 saturated heterocycles. The highest BCUT2D eigenvalue weighted by Crippen LogP contribution is 2.53. The van der Waals surface area contributed by atoms with E-state index < -0.39 is 0 Å². The smallest absolute Gasteiger partial charge is 0.128 e. The first-order valence-corrected chi connectivity index (χ1v) is 7.28. The average Bonchev–Trinajstić information content (AvgIpc) is 2.79. The van der Waals surface area contributed by atoms with E-state index in [1.807, 2.05) is 6.07 Å². The van der Waals surface area contributed by atoms with Crippen molar-refractivity contribution in [3.63, 3.8) is 0 Å². The predicted octanol–water partition coefficient (Wildman–Crippen LogP) is 3.63. The normalized spacial score (nSPS) is 29.3. The Labute approximate surface area is 115 Å². The van der Waals surface area contributed by atoms with Gasteiger partial charge < -0.3 is 10.5 Å². The second kappa shape index (κ2) is 4.49. The predicted molar refractivity (Wildman–Crippen MR) is 72.0 cm³/mol. The van der Waals surface area contributed by atoms with Crippen LogP contribution >= 0.6 is 15.9 Å². The fourth-order valence-electron chi connectivity index (χ4n) is 3.43. The molecule has 2 atom stereocenters. The Bertz CT molecular complexity index is 439. The lowest BCUT2D eigenvalue weighted by atomic mass is 9.61. The van der Waals surface area contributed by atoms with Gasteiger partial charge in [0, 0.05) is 28.4 Å². The number of nitrogens with two attached hydrogens (primary N) is 1. The van der Waals surface area contributed by atoms with Crippen molar-refractivity contribution in [1.29, 1.82) is 0 Å². The minimum atomic E-state index is -0.275. The Hall–Kier alpha value is -0.610. The van der Waals surface area contributed by atoms with Crippen molar-refractivity contribution in [3.8, 4) is 5.75 Å². The molecule has 2 aliphatic carbocycles. The van der Waals surface area contributed by atoms with Crippen LogP contribution in [0.4, 0.5) is 4.39 Å². The Morgan fingerprint density at radius 3 is 2.61 bits per heavy atom. The van der Waals surface area contributed by atoms with E-state index in [1.165, 1.54) is 25.0 Å². The van der Waals surface area contributed by atoms with E-state index in [-0.39, 0.29) is 23.4 Å². The van der Waals surface area contributed by atoms with Crippen LogP contribution < -0.4 is 10.5 Å². The second-order valence-electron chi connectivity index (χ2n) is 5.49. The molecule has 3 rings (SSSR count). The molecule has 2 fully saturated rings. The monoisotopic (exact) mass is 313 g/mol. The van der Waals surface area contributed by atoms with Crippen LogP contribution in [-0.2, 0) is 0 Å². The van der Waals surface area contributed by atoms with Gasteiger partial charge in [-0.1, -0.05) is 28.8 Å². The van der Waals surface area contributed by atoms with Crippen molar-refractivity contribution in [1.82, 2.24) is 0 Å². The zero-order valence-corrected chi connectivity index (χ0v) is 11.7. The van der Waals surface area contributed by atoms with Gasteiger partial charge in [-0.25, -0.2) is 4.39 Å². The van der Waals surface area contributed by atoms with Gasteiger partial charge in [0.2, 0.25) is 0 Å². The summed E-state index contributed by atoms with van der Waals surface area (Å²) >= 11 is 3.29. The van der Waals surface area contributed by atoms with Gasteiger partial charge in [-0.05, 0) is 25.0 Å². The second-order valence-corrected chi connectivity index (χ2v) is 6.41. The van der Waals surface area contributed by atoms with Crippen molar-refractivity contribution in [2.45, 2.75) is 44.2 Å². The van der Waals surface area contributed by atoms with Crippen molar-refractivity contribution in [2.24, 2.45) is 11.1 Å². The molecule has 1 spiro atoms. The summed E-state index contributed by atoms with van der Waals surface area (Å²) in [7, 11) is 0. The number of halogens is 2. The standard InChI is InChI=1S/C14H17BrFNO/c15-9-5-10(16)7-11(6-9)18-13-8-12(17)14(13)3-1-2-4-14/h5-7,12-13H,1-4,8,17H2. The number of hydrogen-bond acceptors (Lipinski definition) is 2. The van der Waals surface area contributed by atoms with Crippen LogP contribution in [-0.4, -0.2) is 12.1 Å². The van der Waals surface area contributed by atoms with Gasteiger partial charge >= 0.3 is 0 Å². The topological polar surface area (TPSA) is 35.2 Å². The largest absolute Gasteiger partial charge is 0.490 e. The quantitative estimate of drug-likeness (QED) is 0.905. The van der Waals surface area contributed by atoms with Crippen molar-refractivity contribution < 1.29 is 9.13 Å². The van der Waals surface area contributed by atoms with Gasteiger partial charge in [-0.15, -0.1) is 0 Å². The lowest BCUT2D eigenvalue weighted by Crippen LogP contribution is -2.62. The minimum Gasteiger partial charge on any atom is -0.490 e. The lowest BCUT2D eigenvalue weighted by Gasteiger charge is -2.52. The molecular formula is C14H17BrFNO. The van der Waals surface area contributed by atoms with Crippen LogP contribution in [0.3, 0.4) is 0 Å². The Balaban J connectivity index is 1.77. The third kappa shape index (κ3) is 1.95. The van der Waals surface area contributed by atoms with Gasteiger partial charge in [0.1, 0.15) is 17.7 Å². The summed E-state index contributed by atoms with van der Waals surface area (Å²) in [5, 5.41) is 0. The van der Waals surface area contributed by atoms with Crippen molar-refractivity contribution in [3.05, 3.63) is 28.5 Å². The third-order valence-corrected chi connectivity index (χ3v) is 4.95. The molecule has 2 unspecified atom stereocenters. The SMILES string of the molecule is NC1CC(Oc2cc(F)cc(Br)c2)C12CCCC2. The van der Waals surface area contributed by atoms with Gasteiger partial charge in [-0.3, -0.25) is 0 Å². The van der Waals surface area contributed by atoms with E-state index in [9.17, 15) is 4.39 Å². The van der Waals surface area contributed by atoms with Crippen LogP contribution in [0.25, 0.3) is 0 Å². The highest BCUT2D eigenvalue weighted by Gasteiger charge is 2.56. The fraction of sp³-hybridized carbons (Fsp3) is 0.571. The molecule has 18 heavy (non-hydrogen) atoms. The summed E-state index contributed by atoms with van der Waals surface area (Å²) in [5.74, 6) is 0.327. The van der Waals surface area contributed by atoms with E-state index in [4.69, 9.17) is 10.5 Å². The molecule has 98 valence electrons. The molecule has 1 aromatic carbocycles. The molecule has 2 N–H and O–H groups in total. The van der Waals surface area contributed by atoms with E-state index in [2.05, 4.69) is 15.9 Å². The van der Waals surface area contributed by atoms with Crippen LogP contribution in [0.15, 0.2) is 22.7 Å². The molecule has 2 nitrogen and oxygen atoms in total. The summed E-state index contributed by atoms with van der Waals surface area (Å²) in [6.45, 7) is 0. The zero-order valence-electron chi connectivity index (χ0n) is 10.2. The number of hydrogen-bond donors (Lipinski definition) is 1. The molecule has 0 radical (unpaired) electrons. The van der Waals surface area contributed by atoms with Crippen LogP contribution in [0.1, 0.15) is 32.1 Å². The first kappa shape index (κ1) is 12.4. The maximum Gasteiger partial charge on any atom is 0.128 e. The maximum atomic E-state index is 13.3. The lowest BCUT2D eigenvalue weighted by molar-refractivity contribution is -0.0621.